The molecule has 1 N–H and O–H groups in total. The number of thiazole rings is 1. The summed E-state index contributed by atoms with van der Waals surface area (Å²) in [7, 11) is 0. The van der Waals surface area contributed by atoms with Crippen molar-refractivity contribution in [3.05, 3.63) is 64.5 Å². The molecule has 0 aliphatic heterocycles. The van der Waals surface area contributed by atoms with Crippen LogP contribution in [0.3, 0.4) is 0 Å². The van der Waals surface area contributed by atoms with Gasteiger partial charge in [0.15, 0.2) is 0 Å². The smallest absolute Gasteiger partial charge is 0.203 e. The third-order valence-electron chi connectivity index (χ3n) is 3.37. The lowest BCUT2D eigenvalue weighted by molar-refractivity contribution is 0.317. The lowest BCUT2D eigenvalue weighted by Crippen LogP contribution is -1.95. The number of rotatable bonds is 7. The van der Waals surface area contributed by atoms with Crippen molar-refractivity contribution in [2.45, 2.75) is 13.3 Å². The van der Waals surface area contributed by atoms with Crippen LogP contribution in [0.15, 0.2) is 59.0 Å². The molecule has 4 nitrogen and oxygen atoms in total. The van der Waals surface area contributed by atoms with E-state index in [1.54, 1.807) is 6.21 Å². The van der Waals surface area contributed by atoms with E-state index in [1.807, 2.05) is 53.9 Å². The molecule has 0 aliphatic carbocycles. The zero-order chi connectivity index (χ0) is 17.5. The Hall–Kier alpha value is -2.37. The molecule has 0 atom stereocenters. The second-order valence-corrected chi connectivity index (χ2v) is 6.63. The number of hydrogen-bond donors (Lipinski definition) is 1. The highest BCUT2D eigenvalue weighted by molar-refractivity contribution is 7.14. The maximum atomic E-state index is 5.91. The lowest BCUT2D eigenvalue weighted by atomic mass is 10.2. The molecular weight excluding hydrogens is 354 g/mol. The van der Waals surface area contributed by atoms with Crippen LogP contribution in [0, 0.1) is 0 Å². The number of nitrogens with one attached hydrogen (secondary N) is 1. The third kappa shape index (κ3) is 5.05. The van der Waals surface area contributed by atoms with Gasteiger partial charge in [0.2, 0.25) is 5.13 Å². The fraction of sp³-hybridized carbons (Fsp3) is 0.158. The van der Waals surface area contributed by atoms with Gasteiger partial charge in [-0.25, -0.2) is 4.98 Å². The Kier molecular flexibility index (Phi) is 6.04. The van der Waals surface area contributed by atoms with Crippen LogP contribution in [0.25, 0.3) is 11.3 Å². The summed E-state index contributed by atoms with van der Waals surface area (Å²) in [5.41, 5.74) is 5.88. The van der Waals surface area contributed by atoms with E-state index in [0.717, 1.165) is 40.7 Å². The second-order valence-electron chi connectivity index (χ2n) is 5.33. The maximum absolute atomic E-state index is 5.91. The topological polar surface area (TPSA) is 46.5 Å². The number of ether oxygens (including phenoxy) is 1. The molecule has 0 aliphatic rings. The van der Waals surface area contributed by atoms with E-state index in [-0.39, 0.29) is 0 Å². The Labute approximate surface area is 156 Å². The molecular formula is C19H18ClN3OS. The first-order chi connectivity index (χ1) is 12.2. The van der Waals surface area contributed by atoms with Crippen LogP contribution in [-0.4, -0.2) is 17.8 Å². The monoisotopic (exact) mass is 371 g/mol. The standard InChI is InChI=1S/C19H18ClN3OS/c1-2-11-24-17-9-3-14(4-10-17)12-21-23-19-22-18(13-25-19)15-5-7-16(20)8-6-15/h3-10,12-13H,2,11H2,1H3,(H,22,23)/b21-12+. The molecule has 0 saturated heterocycles. The minimum absolute atomic E-state index is 0.716. The fourth-order valence-electron chi connectivity index (χ4n) is 2.11. The predicted octanol–water partition coefficient (Wildman–Crippen LogP) is 5.70. The molecule has 25 heavy (non-hydrogen) atoms. The van der Waals surface area contributed by atoms with Gasteiger partial charge in [-0.15, -0.1) is 11.3 Å². The molecule has 1 heterocycles. The summed E-state index contributed by atoms with van der Waals surface area (Å²) < 4.78 is 5.56. The molecule has 128 valence electrons. The van der Waals surface area contributed by atoms with Crippen LogP contribution in [0.1, 0.15) is 18.9 Å². The van der Waals surface area contributed by atoms with E-state index in [1.165, 1.54) is 11.3 Å². The first kappa shape index (κ1) is 17.5. The van der Waals surface area contributed by atoms with Gasteiger partial charge in [0.1, 0.15) is 5.75 Å². The Balaban J connectivity index is 1.58. The van der Waals surface area contributed by atoms with Crippen LogP contribution < -0.4 is 10.2 Å². The molecule has 0 unspecified atom stereocenters. The highest BCUT2D eigenvalue weighted by Crippen LogP contribution is 2.25. The Morgan fingerprint density at radius 3 is 2.64 bits per heavy atom. The van der Waals surface area contributed by atoms with E-state index >= 15 is 0 Å². The van der Waals surface area contributed by atoms with Crippen molar-refractivity contribution in [1.29, 1.82) is 0 Å². The Bertz CT molecular complexity index is 829. The average molecular weight is 372 g/mol. The quantitative estimate of drug-likeness (QED) is 0.428. The van der Waals surface area contributed by atoms with Crippen molar-refractivity contribution in [3.8, 4) is 17.0 Å². The van der Waals surface area contributed by atoms with Gasteiger partial charge in [0, 0.05) is 16.0 Å². The zero-order valence-corrected chi connectivity index (χ0v) is 15.3. The molecule has 0 radical (unpaired) electrons. The van der Waals surface area contributed by atoms with Crippen molar-refractivity contribution < 1.29 is 4.74 Å². The maximum Gasteiger partial charge on any atom is 0.203 e. The molecule has 1 aromatic heterocycles. The molecule has 0 amide bonds. The number of hydrazone groups is 1. The van der Waals surface area contributed by atoms with Crippen molar-refractivity contribution >= 4 is 34.3 Å². The highest BCUT2D eigenvalue weighted by Gasteiger charge is 2.03. The number of benzene rings is 2. The van der Waals surface area contributed by atoms with Crippen LogP contribution in [0.5, 0.6) is 5.75 Å². The van der Waals surface area contributed by atoms with Crippen molar-refractivity contribution in [2.24, 2.45) is 5.10 Å². The van der Waals surface area contributed by atoms with Crippen LogP contribution in [0.2, 0.25) is 5.02 Å². The number of anilines is 1. The molecule has 6 heteroatoms. The number of halogens is 1. The number of nitrogens with zero attached hydrogens (tertiary/aromatic N) is 2. The average Bonchev–Trinajstić information content (AvgIpc) is 3.10. The van der Waals surface area contributed by atoms with Gasteiger partial charge in [-0.1, -0.05) is 30.7 Å². The molecule has 0 bridgehead atoms. The minimum Gasteiger partial charge on any atom is -0.494 e. The number of aromatic nitrogens is 1. The van der Waals surface area contributed by atoms with Crippen molar-refractivity contribution in [3.63, 3.8) is 0 Å². The van der Waals surface area contributed by atoms with E-state index < -0.39 is 0 Å². The molecule has 0 saturated carbocycles. The zero-order valence-electron chi connectivity index (χ0n) is 13.8. The Morgan fingerprint density at radius 1 is 1.16 bits per heavy atom. The van der Waals surface area contributed by atoms with Gasteiger partial charge in [-0.2, -0.15) is 5.10 Å². The van der Waals surface area contributed by atoms with Gasteiger partial charge < -0.3 is 4.74 Å². The second kappa shape index (κ2) is 8.65. The summed E-state index contributed by atoms with van der Waals surface area (Å²) in [6.45, 7) is 2.82. The van der Waals surface area contributed by atoms with Crippen LogP contribution in [0.4, 0.5) is 5.13 Å². The summed E-state index contributed by atoms with van der Waals surface area (Å²) in [4.78, 5) is 4.52. The molecule has 0 fully saturated rings. The molecule has 3 aromatic rings. The van der Waals surface area contributed by atoms with Gasteiger partial charge in [0.05, 0.1) is 18.5 Å². The van der Waals surface area contributed by atoms with Gasteiger partial charge in [0.25, 0.3) is 0 Å². The SMILES string of the molecule is CCCOc1ccc(/C=N/Nc2nc(-c3ccc(Cl)cc3)cs2)cc1. The van der Waals surface area contributed by atoms with Gasteiger partial charge in [-0.3, -0.25) is 5.43 Å². The predicted molar refractivity (Wildman–Crippen MR) is 106 cm³/mol. The van der Waals surface area contributed by atoms with Gasteiger partial charge in [-0.05, 0) is 48.4 Å². The number of hydrogen-bond acceptors (Lipinski definition) is 5. The normalized spacial score (nSPS) is 11.0. The van der Waals surface area contributed by atoms with E-state index in [4.69, 9.17) is 16.3 Å². The third-order valence-corrected chi connectivity index (χ3v) is 4.37. The molecule has 0 spiro atoms. The minimum atomic E-state index is 0.716. The lowest BCUT2D eigenvalue weighted by Gasteiger charge is -2.03. The summed E-state index contributed by atoms with van der Waals surface area (Å²) in [5, 5.41) is 7.68. The Morgan fingerprint density at radius 2 is 1.92 bits per heavy atom. The van der Waals surface area contributed by atoms with E-state index in [2.05, 4.69) is 22.4 Å². The molecule has 2 aromatic carbocycles. The van der Waals surface area contributed by atoms with Crippen LogP contribution >= 0.6 is 22.9 Å². The fourth-order valence-corrected chi connectivity index (χ4v) is 2.90. The van der Waals surface area contributed by atoms with Crippen molar-refractivity contribution in [2.75, 3.05) is 12.0 Å². The van der Waals surface area contributed by atoms with E-state index in [9.17, 15) is 0 Å². The first-order valence-corrected chi connectivity index (χ1v) is 9.24. The van der Waals surface area contributed by atoms with Gasteiger partial charge >= 0.3 is 0 Å². The molecule has 3 rings (SSSR count). The van der Waals surface area contributed by atoms with E-state index in [0.29, 0.717) is 5.02 Å². The summed E-state index contributed by atoms with van der Waals surface area (Å²) in [6.07, 6.45) is 2.76. The largest absolute Gasteiger partial charge is 0.494 e. The van der Waals surface area contributed by atoms with Crippen LogP contribution in [-0.2, 0) is 0 Å². The summed E-state index contributed by atoms with van der Waals surface area (Å²) in [5.74, 6) is 0.875. The highest BCUT2D eigenvalue weighted by atomic mass is 35.5. The summed E-state index contributed by atoms with van der Waals surface area (Å²) >= 11 is 7.41. The first-order valence-electron chi connectivity index (χ1n) is 7.98. The summed E-state index contributed by atoms with van der Waals surface area (Å²) in [6, 6.07) is 15.4. The van der Waals surface area contributed by atoms with Crippen molar-refractivity contribution in [1.82, 2.24) is 4.98 Å².